The van der Waals surface area contributed by atoms with Crippen molar-refractivity contribution in [1.29, 1.82) is 5.26 Å². The average Bonchev–Trinajstić information content (AvgIpc) is 2.75. The highest BCUT2D eigenvalue weighted by molar-refractivity contribution is 5.75. The van der Waals surface area contributed by atoms with Crippen LogP contribution in [0.1, 0.15) is 23.7 Å². The molecule has 0 unspecified atom stereocenters. The third kappa shape index (κ3) is 3.96. The number of aryl methyl sites for hydroxylation is 1. The van der Waals surface area contributed by atoms with Crippen molar-refractivity contribution in [3.05, 3.63) is 63.5 Å². The first kappa shape index (κ1) is 19.0. The molecule has 8 heteroatoms. The largest absolute Gasteiger partial charge is 0.354 e. The number of hydrogen-bond acceptors (Lipinski definition) is 6. The predicted molar refractivity (Wildman–Crippen MR) is 108 cm³/mol. The summed E-state index contributed by atoms with van der Waals surface area (Å²) in [5.41, 5.74) is 2.31. The Hall–Kier alpha value is -3.31. The zero-order valence-electron chi connectivity index (χ0n) is 16.2. The average molecular weight is 392 g/mol. The third-order valence-electron chi connectivity index (χ3n) is 5.23. The molecule has 0 amide bonds. The topological polar surface area (TPSA) is 88.9 Å². The highest BCUT2D eigenvalue weighted by Gasteiger charge is 2.20. The Labute approximate surface area is 167 Å². The lowest BCUT2D eigenvalue weighted by molar-refractivity contribution is 0.246. The first-order valence-corrected chi connectivity index (χ1v) is 9.62. The number of aromatic nitrogens is 3. The number of piperazine rings is 1. The first-order valence-electron chi connectivity index (χ1n) is 9.62. The van der Waals surface area contributed by atoms with Crippen LogP contribution in [0.25, 0.3) is 11.0 Å². The van der Waals surface area contributed by atoms with Gasteiger partial charge in [0.1, 0.15) is 23.4 Å². The molecule has 148 valence electrons. The molecule has 0 spiro atoms. The molecule has 0 bridgehead atoms. The number of nitrogens with one attached hydrogen (secondary N) is 1. The van der Waals surface area contributed by atoms with Crippen LogP contribution < -0.4 is 10.5 Å². The summed E-state index contributed by atoms with van der Waals surface area (Å²) in [4.78, 5) is 27.8. The molecule has 7 nitrogen and oxygen atoms in total. The van der Waals surface area contributed by atoms with E-state index in [1.54, 1.807) is 18.3 Å². The van der Waals surface area contributed by atoms with Gasteiger partial charge in [-0.1, -0.05) is 6.92 Å². The highest BCUT2D eigenvalue weighted by atomic mass is 19.1. The van der Waals surface area contributed by atoms with E-state index >= 15 is 0 Å². The fourth-order valence-electron chi connectivity index (χ4n) is 3.57. The molecular formula is C21H21FN6O. The van der Waals surface area contributed by atoms with Gasteiger partial charge in [-0.05, 0) is 24.6 Å². The Balaban J connectivity index is 1.46. The normalized spacial score (nSPS) is 14.9. The lowest BCUT2D eigenvalue weighted by Crippen LogP contribution is -2.46. The van der Waals surface area contributed by atoms with Crippen LogP contribution >= 0.6 is 0 Å². The van der Waals surface area contributed by atoms with E-state index in [0.717, 1.165) is 32.0 Å². The maximum Gasteiger partial charge on any atom is 0.270 e. The Bertz CT molecular complexity index is 1130. The van der Waals surface area contributed by atoms with Crippen LogP contribution in [0, 0.1) is 17.1 Å². The molecule has 2 aromatic heterocycles. The van der Waals surface area contributed by atoms with E-state index in [1.807, 2.05) is 13.0 Å². The van der Waals surface area contributed by atoms with Crippen LogP contribution in [0.3, 0.4) is 0 Å². The zero-order chi connectivity index (χ0) is 20.4. The summed E-state index contributed by atoms with van der Waals surface area (Å²) in [6.45, 7) is 5.39. The van der Waals surface area contributed by atoms with Crippen molar-refractivity contribution in [3.8, 4) is 6.07 Å². The minimum absolute atomic E-state index is 0.221. The SMILES string of the molecule is CCc1nc2cc(F)c(CN3CCN(c4ccc(C#N)cn4)CC3)cc2[nH]c1=O. The van der Waals surface area contributed by atoms with Gasteiger partial charge in [-0.3, -0.25) is 9.69 Å². The molecule has 0 radical (unpaired) electrons. The van der Waals surface area contributed by atoms with Crippen LogP contribution in [0.4, 0.5) is 10.2 Å². The molecule has 1 saturated heterocycles. The molecule has 1 fully saturated rings. The van der Waals surface area contributed by atoms with Gasteiger partial charge in [0, 0.05) is 50.6 Å². The zero-order valence-corrected chi connectivity index (χ0v) is 16.2. The number of rotatable bonds is 4. The number of anilines is 1. The van der Waals surface area contributed by atoms with Gasteiger partial charge in [-0.2, -0.15) is 5.26 Å². The Morgan fingerprint density at radius 2 is 2.03 bits per heavy atom. The second kappa shape index (κ2) is 7.97. The summed E-state index contributed by atoms with van der Waals surface area (Å²) in [6, 6.07) is 8.77. The molecule has 0 atom stereocenters. The maximum absolute atomic E-state index is 14.6. The molecule has 1 N–H and O–H groups in total. The number of benzene rings is 1. The van der Waals surface area contributed by atoms with Crippen molar-refractivity contribution in [1.82, 2.24) is 19.9 Å². The van der Waals surface area contributed by atoms with Crippen molar-refractivity contribution in [2.24, 2.45) is 0 Å². The number of fused-ring (bicyclic) bond motifs is 1. The van der Waals surface area contributed by atoms with Crippen LogP contribution in [-0.2, 0) is 13.0 Å². The third-order valence-corrected chi connectivity index (χ3v) is 5.23. The number of pyridine rings is 1. The number of H-pyrrole nitrogens is 1. The summed E-state index contributed by atoms with van der Waals surface area (Å²) >= 11 is 0. The first-order chi connectivity index (χ1) is 14.1. The van der Waals surface area contributed by atoms with Crippen LogP contribution in [0.2, 0.25) is 0 Å². The van der Waals surface area contributed by atoms with E-state index < -0.39 is 0 Å². The fraction of sp³-hybridized carbons (Fsp3) is 0.333. The van der Waals surface area contributed by atoms with Crippen LogP contribution in [-0.4, -0.2) is 46.0 Å². The lowest BCUT2D eigenvalue weighted by Gasteiger charge is -2.35. The monoisotopic (exact) mass is 392 g/mol. The van der Waals surface area contributed by atoms with Gasteiger partial charge in [0.2, 0.25) is 0 Å². The van der Waals surface area contributed by atoms with Crippen LogP contribution in [0.15, 0.2) is 35.3 Å². The minimum atomic E-state index is -0.310. The number of nitrogens with zero attached hydrogens (tertiary/aromatic N) is 5. The minimum Gasteiger partial charge on any atom is -0.354 e. The summed E-state index contributed by atoms with van der Waals surface area (Å²) in [5, 5.41) is 8.88. The van der Waals surface area contributed by atoms with Crippen LogP contribution in [0.5, 0.6) is 0 Å². The molecule has 0 aliphatic carbocycles. The van der Waals surface area contributed by atoms with E-state index in [9.17, 15) is 9.18 Å². The van der Waals surface area contributed by atoms with E-state index in [2.05, 4.69) is 30.8 Å². The number of nitriles is 1. The Morgan fingerprint density at radius 3 is 2.69 bits per heavy atom. The van der Waals surface area contributed by atoms with Crippen molar-refractivity contribution in [3.63, 3.8) is 0 Å². The molecule has 1 aliphatic rings. The molecular weight excluding hydrogens is 371 g/mol. The summed E-state index contributed by atoms with van der Waals surface area (Å²) in [5.74, 6) is 0.534. The predicted octanol–water partition coefficient (Wildman–Crippen LogP) is 2.21. The molecule has 1 aliphatic heterocycles. The number of aromatic amines is 1. The maximum atomic E-state index is 14.6. The van der Waals surface area contributed by atoms with Gasteiger partial charge in [0.25, 0.3) is 5.56 Å². The Kier molecular flexibility index (Phi) is 5.23. The molecule has 4 rings (SSSR count). The van der Waals surface area contributed by atoms with E-state index in [4.69, 9.17) is 5.26 Å². The van der Waals surface area contributed by atoms with Gasteiger partial charge in [0.05, 0.1) is 16.6 Å². The lowest BCUT2D eigenvalue weighted by atomic mass is 10.1. The van der Waals surface area contributed by atoms with Crippen molar-refractivity contribution in [2.75, 3.05) is 31.1 Å². The van der Waals surface area contributed by atoms with Crippen molar-refractivity contribution in [2.45, 2.75) is 19.9 Å². The molecule has 3 aromatic rings. The van der Waals surface area contributed by atoms with Gasteiger partial charge in [0.15, 0.2) is 0 Å². The van der Waals surface area contributed by atoms with Gasteiger partial charge >= 0.3 is 0 Å². The molecule has 0 saturated carbocycles. The molecule has 3 heterocycles. The Morgan fingerprint density at radius 1 is 1.24 bits per heavy atom. The second-order valence-electron chi connectivity index (χ2n) is 7.11. The van der Waals surface area contributed by atoms with Gasteiger partial charge in [-0.15, -0.1) is 0 Å². The number of halogens is 1. The molecule has 1 aromatic carbocycles. The fourth-order valence-corrected chi connectivity index (χ4v) is 3.57. The van der Waals surface area contributed by atoms with E-state index in [1.165, 1.54) is 6.07 Å². The summed E-state index contributed by atoms with van der Waals surface area (Å²) < 4.78 is 14.6. The summed E-state index contributed by atoms with van der Waals surface area (Å²) in [6.07, 6.45) is 2.08. The van der Waals surface area contributed by atoms with Gasteiger partial charge < -0.3 is 9.88 Å². The van der Waals surface area contributed by atoms with Gasteiger partial charge in [-0.25, -0.2) is 14.4 Å². The number of hydrogen-bond donors (Lipinski definition) is 1. The summed E-state index contributed by atoms with van der Waals surface area (Å²) in [7, 11) is 0. The van der Waals surface area contributed by atoms with E-state index in [0.29, 0.717) is 40.8 Å². The standard InChI is InChI=1S/C21H21FN6O/c1-2-17-21(29)26-18-9-15(16(22)10-19(18)25-17)13-27-5-7-28(8-6-27)20-4-3-14(11-23)12-24-20/h3-4,9-10,12H,2,5-8,13H2,1H3,(H,26,29). The molecule has 29 heavy (non-hydrogen) atoms. The van der Waals surface area contributed by atoms with Crippen molar-refractivity contribution < 1.29 is 4.39 Å². The smallest absolute Gasteiger partial charge is 0.270 e. The second-order valence-corrected chi connectivity index (χ2v) is 7.11. The highest BCUT2D eigenvalue weighted by Crippen LogP contribution is 2.19. The van der Waals surface area contributed by atoms with Crippen molar-refractivity contribution >= 4 is 16.9 Å². The quantitative estimate of drug-likeness (QED) is 0.732. The van der Waals surface area contributed by atoms with E-state index in [-0.39, 0.29) is 11.4 Å².